The summed E-state index contributed by atoms with van der Waals surface area (Å²) in [5.74, 6) is 5.91. The Morgan fingerprint density at radius 3 is 2.64 bits per heavy atom. The molecule has 9 heteroatoms. The average molecular weight is 479 g/mol. The fraction of sp³-hybridized carbons (Fsp3) is 0.625. The van der Waals surface area contributed by atoms with Gasteiger partial charge in [-0.15, -0.1) is 0 Å². The molecule has 1 aromatic carbocycles. The van der Waals surface area contributed by atoms with E-state index in [4.69, 9.17) is 4.74 Å². The van der Waals surface area contributed by atoms with Crippen molar-refractivity contribution in [3.8, 4) is 17.6 Å². The number of amides is 1. The van der Waals surface area contributed by atoms with Gasteiger partial charge in [-0.3, -0.25) is 4.79 Å². The number of fused-ring (bicyclic) bond motifs is 1. The number of benzene rings is 1. The molecule has 0 unspecified atom stereocenters. The number of carbonyl (C=O) groups is 1. The van der Waals surface area contributed by atoms with E-state index < -0.39 is 28.3 Å². The van der Waals surface area contributed by atoms with E-state index in [1.165, 1.54) is 10.4 Å². The quantitative estimate of drug-likeness (QED) is 0.600. The van der Waals surface area contributed by atoms with Crippen LogP contribution in [0, 0.1) is 23.7 Å². The van der Waals surface area contributed by atoms with Crippen molar-refractivity contribution in [2.75, 3.05) is 26.7 Å². The van der Waals surface area contributed by atoms with E-state index in [1.807, 2.05) is 6.92 Å². The van der Waals surface area contributed by atoms with Gasteiger partial charge in [0.15, 0.2) is 0 Å². The number of likely N-dealkylation sites (N-methyl/N-ethyl adjacent to an activating group) is 1. The fourth-order valence-corrected chi connectivity index (χ4v) is 5.63. The predicted molar refractivity (Wildman–Crippen MR) is 124 cm³/mol. The number of hydrogen-bond donors (Lipinski definition) is 2. The zero-order chi connectivity index (χ0) is 24.3. The second-order valence-corrected chi connectivity index (χ2v) is 11.1. The molecule has 0 spiro atoms. The molecule has 1 saturated carbocycles. The Morgan fingerprint density at radius 2 is 2.03 bits per heavy atom. The van der Waals surface area contributed by atoms with Gasteiger partial charge in [0.25, 0.3) is 0 Å². The molecule has 1 fully saturated rings. The van der Waals surface area contributed by atoms with Crippen LogP contribution < -0.4 is 4.74 Å². The summed E-state index contributed by atoms with van der Waals surface area (Å²) in [5, 5.41) is 19.2. The van der Waals surface area contributed by atoms with Crippen LogP contribution in [-0.2, 0) is 14.8 Å². The third-order valence-corrected chi connectivity index (χ3v) is 8.15. The maximum atomic E-state index is 13.5. The lowest BCUT2D eigenvalue weighted by molar-refractivity contribution is -0.131. The van der Waals surface area contributed by atoms with Crippen molar-refractivity contribution in [2.24, 2.45) is 11.8 Å². The van der Waals surface area contributed by atoms with Crippen molar-refractivity contribution >= 4 is 15.9 Å². The van der Waals surface area contributed by atoms with Gasteiger partial charge in [0.05, 0.1) is 13.2 Å². The Morgan fingerprint density at radius 1 is 1.33 bits per heavy atom. The second-order valence-electron chi connectivity index (χ2n) is 9.27. The largest absolute Gasteiger partial charge is 0.487 e. The molecule has 1 heterocycles. The summed E-state index contributed by atoms with van der Waals surface area (Å²) in [6.07, 6.45) is 1.42. The van der Waals surface area contributed by atoms with E-state index in [0.717, 1.165) is 12.8 Å². The average Bonchev–Trinajstić information content (AvgIpc) is 3.57. The molecule has 0 bridgehead atoms. The summed E-state index contributed by atoms with van der Waals surface area (Å²) < 4.78 is 34.5. The number of carbonyl (C=O) groups excluding carboxylic acids is 1. The van der Waals surface area contributed by atoms with E-state index in [9.17, 15) is 23.4 Å². The van der Waals surface area contributed by atoms with Gasteiger partial charge in [0.2, 0.25) is 15.9 Å². The summed E-state index contributed by atoms with van der Waals surface area (Å²) in [7, 11) is -2.19. The number of nitrogens with zero attached hydrogens (tertiary/aromatic N) is 2. The maximum Gasteiger partial charge on any atom is 0.247 e. The van der Waals surface area contributed by atoms with Crippen LogP contribution in [0.5, 0.6) is 5.75 Å². The highest BCUT2D eigenvalue weighted by Gasteiger charge is 2.38. The van der Waals surface area contributed by atoms with Crippen molar-refractivity contribution < 1.29 is 28.2 Å². The smallest absolute Gasteiger partial charge is 0.247 e. The van der Waals surface area contributed by atoms with Gasteiger partial charge in [-0.2, -0.15) is 4.31 Å². The van der Waals surface area contributed by atoms with Crippen molar-refractivity contribution in [2.45, 2.75) is 63.2 Å². The van der Waals surface area contributed by atoms with Gasteiger partial charge in [-0.05, 0) is 50.8 Å². The topological polar surface area (TPSA) is 107 Å². The van der Waals surface area contributed by atoms with Gasteiger partial charge >= 0.3 is 0 Å². The fourth-order valence-electron chi connectivity index (χ4n) is 3.81. The summed E-state index contributed by atoms with van der Waals surface area (Å²) in [6, 6.07) is 3.96. The lowest BCUT2D eigenvalue weighted by Crippen LogP contribution is -2.50. The second kappa shape index (κ2) is 10.4. The lowest BCUT2D eigenvalue weighted by atomic mass is 10.0. The van der Waals surface area contributed by atoms with Crippen LogP contribution in [0.1, 0.15) is 45.6 Å². The van der Waals surface area contributed by atoms with Crippen LogP contribution in [0.4, 0.5) is 0 Å². The van der Waals surface area contributed by atoms with Gasteiger partial charge < -0.3 is 19.8 Å². The Bertz CT molecular complexity index is 1030. The van der Waals surface area contributed by atoms with Crippen LogP contribution >= 0.6 is 0 Å². The van der Waals surface area contributed by atoms with Crippen molar-refractivity contribution in [1.29, 1.82) is 0 Å². The van der Waals surface area contributed by atoms with E-state index in [2.05, 4.69) is 11.8 Å². The van der Waals surface area contributed by atoms with Crippen LogP contribution in [-0.4, -0.2) is 78.7 Å². The molecule has 0 saturated heterocycles. The maximum absolute atomic E-state index is 13.5. The number of aliphatic hydroxyl groups is 2. The molecule has 1 aliphatic heterocycles. The Balaban J connectivity index is 1.99. The number of aliphatic hydroxyl groups excluding tert-OH is 2. The van der Waals surface area contributed by atoms with Crippen LogP contribution in [0.2, 0.25) is 0 Å². The third kappa shape index (κ3) is 6.27. The van der Waals surface area contributed by atoms with Crippen molar-refractivity contribution in [1.82, 2.24) is 9.21 Å². The number of sulfonamides is 1. The van der Waals surface area contributed by atoms with Gasteiger partial charge in [0, 0.05) is 37.5 Å². The van der Waals surface area contributed by atoms with Gasteiger partial charge in [-0.1, -0.05) is 18.8 Å². The molecule has 0 aromatic heterocycles. The SMILES string of the molecule is C[C@H](CO)N1C[C@H](C)[C@@H](CN(C)C(=O)CC2CC2)Oc2cc(C#C[C@@H](C)O)ccc2S1(=O)=O. The monoisotopic (exact) mass is 478 g/mol. The van der Waals surface area contributed by atoms with E-state index in [-0.39, 0.29) is 35.6 Å². The third-order valence-electron chi connectivity index (χ3n) is 6.13. The molecule has 182 valence electrons. The number of hydrogen-bond acceptors (Lipinski definition) is 6. The molecular weight excluding hydrogens is 444 g/mol. The molecule has 2 N–H and O–H groups in total. The van der Waals surface area contributed by atoms with Crippen molar-refractivity contribution in [3.63, 3.8) is 0 Å². The minimum Gasteiger partial charge on any atom is -0.487 e. The first-order chi connectivity index (χ1) is 15.5. The first-order valence-corrected chi connectivity index (χ1v) is 12.8. The van der Waals surface area contributed by atoms with E-state index in [0.29, 0.717) is 24.4 Å². The minimum atomic E-state index is -3.94. The Kier molecular flexibility index (Phi) is 8.06. The highest BCUT2D eigenvalue weighted by atomic mass is 32.2. The molecule has 1 aromatic rings. The molecular formula is C24H34N2O6S. The van der Waals surface area contributed by atoms with Gasteiger partial charge in [-0.25, -0.2) is 8.42 Å². The first kappa shape index (κ1) is 25.5. The summed E-state index contributed by atoms with van der Waals surface area (Å²) in [4.78, 5) is 14.2. The zero-order valence-electron chi connectivity index (χ0n) is 19.7. The molecule has 2 aliphatic rings. The molecule has 8 nitrogen and oxygen atoms in total. The molecule has 4 atom stereocenters. The van der Waals surface area contributed by atoms with E-state index in [1.54, 1.807) is 37.9 Å². The first-order valence-electron chi connectivity index (χ1n) is 11.4. The van der Waals surface area contributed by atoms with Crippen LogP contribution in [0.3, 0.4) is 0 Å². The molecule has 1 aliphatic carbocycles. The van der Waals surface area contributed by atoms with Crippen LogP contribution in [0.25, 0.3) is 0 Å². The number of ether oxygens (including phenoxy) is 1. The summed E-state index contributed by atoms with van der Waals surface area (Å²) in [6.45, 7) is 5.25. The highest BCUT2D eigenvalue weighted by molar-refractivity contribution is 7.89. The summed E-state index contributed by atoms with van der Waals surface area (Å²) >= 11 is 0. The summed E-state index contributed by atoms with van der Waals surface area (Å²) in [5.41, 5.74) is 0.511. The standard InChI is InChI=1S/C24H34N2O6S/c1-16-13-26(17(2)15-27)33(30,31)23-10-9-19(6-5-18(3)28)11-21(23)32-22(16)14-25(4)24(29)12-20-7-8-20/h9-11,16-18,20,22,27-28H,7-8,12-15H2,1-4H3/t16-,17+,18+,22+/m0/s1. The predicted octanol–water partition coefficient (Wildman–Crippen LogP) is 1.45. The minimum absolute atomic E-state index is 0.00532. The zero-order valence-corrected chi connectivity index (χ0v) is 20.5. The Hall–Kier alpha value is -2.12. The Labute approximate surface area is 196 Å². The normalized spacial score (nSPS) is 24.2. The molecule has 1 amide bonds. The molecule has 3 rings (SSSR count). The lowest BCUT2D eigenvalue weighted by Gasteiger charge is -2.37. The van der Waals surface area contributed by atoms with Crippen molar-refractivity contribution in [3.05, 3.63) is 23.8 Å². The molecule has 0 radical (unpaired) electrons. The highest BCUT2D eigenvalue weighted by Crippen LogP contribution is 2.35. The molecule has 33 heavy (non-hydrogen) atoms. The van der Waals surface area contributed by atoms with Gasteiger partial charge in [0.1, 0.15) is 22.9 Å². The van der Waals surface area contributed by atoms with E-state index >= 15 is 0 Å². The van der Waals surface area contributed by atoms with Crippen LogP contribution in [0.15, 0.2) is 23.1 Å². The number of rotatable bonds is 6.